The summed E-state index contributed by atoms with van der Waals surface area (Å²) in [6.45, 7) is 0.923. The smallest absolute Gasteiger partial charge is 0.409 e. The first-order valence-electron chi connectivity index (χ1n) is 8.43. The largest absolute Gasteiger partial charge is 0.448 e. The van der Waals surface area contributed by atoms with Crippen molar-refractivity contribution in [3.8, 4) is 11.1 Å². The van der Waals surface area contributed by atoms with Crippen molar-refractivity contribution in [2.24, 2.45) is 0 Å². The van der Waals surface area contributed by atoms with Gasteiger partial charge in [0.25, 0.3) is 0 Å². The lowest BCUT2D eigenvalue weighted by molar-refractivity contribution is -0.139. The number of amides is 1. The zero-order chi connectivity index (χ0) is 17.4. The van der Waals surface area contributed by atoms with Crippen LogP contribution >= 0.6 is 0 Å². The Morgan fingerprint density at radius 3 is 2.20 bits per heavy atom. The Labute approximate surface area is 146 Å². The summed E-state index contributed by atoms with van der Waals surface area (Å²) in [5.41, 5.74) is 4.18. The summed E-state index contributed by atoms with van der Waals surface area (Å²) in [4.78, 5) is 13.9. The molecule has 0 saturated carbocycles. The highest BCUT2D eigenvalue weighted by Crippen LogP contribution is 2.44. The van der Waals surface area contributed by atoms with Crippen LogP contribution < -0.4 is 0 Å². The second kappa shape index (κ2) is 6.17. The SMILES string of the molecule is COC1(CO)CN(C(=O)OCC2c3ccccc3-c3ccccc32)C1. The molecule has 1 saturated heterocycles. The minimum Gasteiger partial charge on any atom is -0.448 e. The fraction of sp³-hybridized carbons (Fsp3) is 0.350. The first-order valence-corrected chi connectivity index (χ1v) is 8.43. The standard InChI is InChI=1S/C20H21NO4/c1-24-20(13-22)11-21(12-20)19(23)25-10-18-16-8-4-2-6-14(16)15-7-3-5-9-17(15)18/h2-9,18,22H,10-13H2,1H3. The van der Waals surface area contributed by atoms with Gasteiger partial charge in [-0.1, -0.05) is 48.5 Å². The van der Waals surface area contributed by atoms with Gasteiger partial charge in [0.2, 0.25) is 0 Å². The monoisotopic (exact) mass is 339 g/mol. The number of rotatable bonds is 4. The van der Waals surface area contributed by atoms with Crippen LogP contribution in [-0.2, 0) is 9.47 Å². The van der Waals surface area contributed by atoms with Crippen LogP contribution in [0.15, 0.2) is 48.5 Å². The molecule has 1 aliphatic carbocycles. The van der Waals surface area contributed by atoms with Gasteiger partial charge in [-0.3, -0.25) is 0 Å². The number of likely N-dealkylation sites (tertiary alicyclic amines) is 1. The molecule has 0 spiro atoms. The van der Waals surface area contributed by atoms with E-state index in [4.69, 9.17) is 9.47 Å². The zero-order valence-corrected chi connectivity index (χ0v) is 14.1. The average Bonchev–Trinajstić information content (AvgIpc) is 2.94. The van der Waals surface area contributed by atoms with E-state index in [1.54, 1.807) is 12.0 Å². The molecule has 1 heterocycles. The van der Waals surface area contributed by atoms with E-state index < -0.39 is 5.60 Å². The predicted octanol–water partition coefficient (Wildman–Crippen LogP) is 2.63. The lowest BCUT2D eigenvalue weighted by Gasteiger charge is -2.47. The van der Waals surface area contributed by atoms with Crippen LogP contribution in [0.2, 0.25) is 0 Å². The molecule has 0 radical (unpaired) electrons. The molecule has 1 amide bonds. The third-order valence-electron chi connectivity index (χ3n) is 5.27. The molecule has 1 N–H and O–H groups in total. The third kappa shape index (κ3) is 2.60. The van der Waals surface area contributed by atoms with Crippen molar-refractivity contribution in [3.05, 3.63) is 59.7 Å². The highest BCUT2D eigenvalue weighted by molar-refractivity contribution is 5.79. The van der Waals surface area contributed by atoms with Crippen molar-refractivity contribution in [2.75, 3.05) is 33.4 Å². The van der Waals surface area contributed by atoms with E-state index >= 15 is 0 Å². The lowest BCUT2D eigenvalue weighted by atomic mass is 9.95. The van der Waals surface area contributed by atoms with Gasteiger partial charge in [0.15, 0.2) is 0 Å². The summed E-state index contributed by atoms with van der Waals surface area (Å²) < 4.78 is 10.9. The van der Waals surface area contributed by atoms with Gasteiger partial charge in [0, 0.05) is 13.0 Å². The van der Waals surface area contributed by atoms with Gasteiger partial charge in [-0.2, -0.15) is 0 Å². The maximum Gasteiger partial charge on any atom is 0.409 e. The fourth-order valence-electron chi connectivity index (χ4n) is 3.76. The third-order valence-corrected chi connectivity index (χ3v) is 5.27. The van der Waals surface area contributed by atoms with E-state index in [1.807, 2.05) is 24.3 Å². The number of aliphatic hydroxyl groups excluding tert-OH is 1. The van der Waals surface area contributed by atoms with Gasteiger partial charge in [-0.05, 0) is 22.3 Å². The average molecular weight is 339 g/mol. The Morgan fingerprint density at radius 2 is 1.68 bits per heavy atom. The van der Waals surface area contributed by atoms with Gasteiger partial charge in [-0.25, -0.2) is 4.79 Å². The molecule has 0 unspecified atom stereocenters. The van der Waals surface area contributed by atoms with Crippen LogP contribution in [0.4, 0.5) is 4.79 Å². The van der Waals surface area contributed by atoms with Gasteiger partial charge in [0.1, 0.15) is 12.2 Å². The van der Waals surface area contributed by atoms with Crippen molar-refractivity contribution < 1.29 is 19.4 Å². The van der Waals surface area contributed by atoms with Crippen LogP contribution in [-0.4, -0.2) is 55.1 Å². The molecule has 1 fully saturated rings. The highest BCUT2D eigenvalue weighted by atomic mass is 16.6. The van der Waals surface area contributed by atoms with E-state index in [0.717, 1.165) is 0 Å². The van der Waals surface area contributed by atoms with E-state index in [1.165, 1.54) is 22.3 Å². The van der Waals surface area contributed by atoms with Crippen molar-refractivity contribution in [3.63, 3.8) is 0 Å². The Morgan fingerprint density at radius 1 is 1.12 bits per heavy atom. The molecule has 2 aromatic rings. The molecular formula is C20H21NO4. The van der Waals surface area contributed by atoms with Gasteiger partial charge < -0.3 is 19.5 Å². The number of ether oxygens (including phenoxy) is 2. The highest BCUT2D eigenvalue weighted by Gasteiger charge is 2.46. The minimum atomic E-state index is -0.633. The molecule has 0 bridgehead atoms. The predicted molar refractivity (Wildman–Crippen MR) is 93.5 cm³/mol. The van der Waals surface area contributed by atoms with Gasteiger partial charge >= 0.3 is 6.09 Å². The lowest BCUT2D eigenvalue weighted by Crippen LogP contribution is -2.66. The summed E-state index contributed by atoms with van der Waals surface area (Å²) in [5.74, 6) is 0.0580. The van der Waals surface area contributed by atoms with Gasteiger partial charge in [-0.15, -0.1) is 0 Å². The number of nitrogens with zero attached hydrogens (tertiary/aromatic N) is 1. The summed E-state index contributed by atoms with van der Waals surface area (Å²) >= 11 is 0. The molecule has 0 aromatic heterocycles. The Kier molecular flexibility index (Phi) is 3.98. The maximum atomic E-state index is 12.3. The van der Waals surface area contributed by atoms with Crippen LogP contribution in [0, 0.1) is 0 Å². The van der Waals surface area contributed by atoms with Crippen LogP contribution in [0.25, 0.3) is 11.1 Å². The number of carbonyl (C=O) groups is 1. The molecule has 2 aromatic carbocycles. The number of benzene rings is 2. The van der Waals surface area contributed by atoms with E-state index in [9.17, 15) is 9.90 Å². The Hall–Kier alpha value is -2.37. The van der Waals surface area contributed by atoms with Crippen molar-refractivity contribution in [1.82, 2.24) is 4.90 Å². The van der Waals surface area contributed by atoms with Crippen molar-refractivity contribution in [1.29, 1.82) is 0 Å². The Bertz CT molecular complexity index is 746. The molecule has 25 heavy (non-hydrogen) atoms. The zero-order valence-electron chi connectivity index (χ0n) is 14.1. The number of hydrogen-bond donors (Lipinski definition) is 1. The van der Waals surface area contributed by atoms with E-state index in [0.29, 0.717) is 19.7 Å². The number of carbonyl (C=O) groups excluding carboxylic acids is 1. The second-order valence-electron chi connectivity index (χ2n) is 6.71. The number of fused-ring (bicyclic) bond motifs is 3. The van der Waals surface area contributed by atoms with Crippen LogP contribution in [0.3, 0.4) is 0 Å². The molecule has 4 rings (SSSR count). The molecule has 5 heteroatoms. The number of aliphatic hydroxyl groups is 1. The van der Waals surface area contributed by atoms with E-state index in [-0.39, 0.29) is 18.6 Å². The summed E-state index contributed by atoms with van der Waals surface area (Å²) in [6.07, 6.45) is -0.358. The van der Waals surface area contributed by atoms with Gasteiger partial charge in [0.05, 0.1) is 19.7 Å². The first kappa shape index (κ1) is 16.1. The van der Waals surface area contributed by atoms with Crippen molar-refractivity contribution >= 4 is 6.09 Å². The van der Waals surface area contributed by atoms with Crippen molar-refractivity contribution in [2.45, 2.75) is 11.5 Å². The number of methoxy groups -OCH3 is 1. The normalized spacial score (nSPS) is 17.6. The second-order valence-corrected chi connectivity index (χ2v) is 6.71. The molecule has 1 aliphatic heterocycles. The number of hydrogen-bond acceptors (Lipinski definition) is 4. The summed E-state index contributed by atoms with van der Waals surface area (Å²) in [6, 6.07) is 16.5. The molecule has 0 atom stereocenters. The fourth-order valence-corrected chi connectivity index (χ4v) is 3.76. The summed E-state index contributed by atoms with van der Waals surface area (Å²) in [7, 11) is 1.55. The van der Waals surface area contributed by atoms with Crippen LogP contribution in [0.5, 0.6) is 0 Å². The molecule has 5 nitrogen and oxygen atoms in total. The molecule has 130 valence electrons. The topological polar surface area (TPSA) is 59.0 Å². The van der Waals surface area contributed by atoms with E-state index in [2.05, 4.69) is 24.3 Å². The molecule has 2 aliphatic rings. The van der Waals surface area contributed by atoms with Crippen LogP contribution in [0.1, 0.15) is 17.0 Å². The maximum absolute atomic E-state index is 12.3. The summed E-state index contributed by atoms with van der Waals surface area (Å²) in [5, 5.41) is 9.35. The minimum absolute atomic E-state index is 0.0580. The Balaban J connectivity index is 1.46. The quantitative estimate of drug-likeness (QED) is 0.930. The molecular weight excluding hydrogens is 318 g/mol. The first-order chi connectivity index (χ1) is 12.2.